The highest BCUT2D eigenvalue weighted by Gasteiger charge is 2.66. The van der Waals surface area contributed by atoms with E-state index in [1.165, 1.54) is 14.1 Å². The molecule has 0 N–H and O–H groups in total. The van der Waals surface area contributed by atoms with E-state index in [9.17, 15) is 19.2 Å². The summed E-state index contributed by atoms with van der Waals surface area (Å²) in [6.07, 6.45) is 1.63. The van der Waals surface area contributed by atoms with Gasteiger partial charge in [0.25, 0.3) is 11.8 Å². The standard InChI is InChI=1S/C27H22N2O4/c1-28-24(31)27(25(32)29(2)26(28)33)21(20-13-12-18-10-6-7-11-19(18)15-20)16-23(30)22(27)14-17-8-4-3-5-9-17/h3-15,21H,16H2,1-2H3/b22-14-. The Balaban J connectivity index is 1.77. The van der Waals surface area contributed by atoms with Crippen LogP contribution in [0.4, 0.5) is 4.79 Å². The van der Waals surface area contributed by atoms with E-state index in [2.05, 4.69) is 0 Å². The van der Waals surface area contributed by atoms with E-state index in [0.717, 1.165) is 26.1 Å². The molecule has 0 radical (unpaired) electrons. The van der Waals surface area contributed by atoms with Crippen LogP contribution in [0.15, 0.2) is 78.4 Å². The molecule has 1 aliphatic carbocycles. The van der Waals surface area contributed by atoms with E-state index in [4.69, 9.17) is 0 Å². The maximum absolute atomic E-state index is 13.8. The molecule has 1 saturated heterocycles. The topological polar surface area (TPSA) is 74.8 Å². The number of urea groups is 1. The second kappa shape index (κ2) is 7.52. The van der Waals surface area contributed by atoms with E-state index < -0.39 is 29.2 Å². The van der Waals surface area contributed by atoms with E-state index in [1.54, 1.807) is 6.08 Å². The molecule has 2 aliphatic rings. The molecule has 1 spiro atoms. The fraction of sp³-hybridized carbons (Fsp3) is 0.185. The highest BCUT2D eigenvalue weighted by atomic mass is 16.2. The first-order valence-electron chi connectivity index (χ1n) is 10.7. The summed E-state index contributed by atoms with van der Waals surface area (Å²) >= 11 is 0. The van der Waals surface area contributed by atoms with Gasteiger partial charge in [0.2, 0.25) is 0 Å². The van der Waals surface area contributed by atoms with Crippen LogP contribution in [0.25, 0.3) is 16.8 Å². The number of hydrogen-bond acceptors (Lipinski definition) is 4. The van der Waals surface area contributed by atoms with Gasteiger partial charge in [0, 0.05) is 32.0 Å². The number of nitrogens with zero attached hydrogens (tertiary/aromatic N) is 2. The number of fused-ring (bicyclic) bond motifs is 1. The van der Waals surface area contributed by atoms with Crippen LogP contribution < -0.4 is 0 Å². The lowest BCUT2D eigenvalue weighted by Crippen LogP contribution is -2.64. The zero-order chi connectivity index (χ0) is 23.3. The lowest BCUT2D eigenvalue weighted by molar-refractivity contribution is -0.155. The molecule has 1 atom stereocenters. The second-order valence-electron chi connectivity index (χ2n) is 8.57. The number of rotatable bonds is 2. The van der Waals surface area contributed by atoms with Gasteiger partial charge in [0.15, 0.2) is 11.2 Å². The summed E-state index contributed by atoms with van der Waals surface area (Å²) in [5.41, 5.74) is -0.237. The number of Topliss-reactive ketones (excluding diaryl/α,β-unsaturated/α-hetero) is 1. The molecule has 0 aromatic heterocycles. The Morgan fingerprint density at radius 3 is 2.06 bits per heavy atom. The van der Waals surface area contributed by atoms with Gasteiger partial charge in [-0.05, 0) is 28.0 Å². The highest BCUT2D eigenvalue weighted by Crippen LogP contribution is 2.55. The van der Waals surface area contributed by atoms with Crippen LogP contribution >= 0.6 is 0 Å². The molecule has 3 aromatic carbocycles. The van der Waals surface area contributed by atoms with Crippen molar-refractivity contribution < 1.29 is 19.2 Å². The zero-order valence-corrected chi connectivity index (χ0v) is 18.3. The van der Waals surface area contributed by atoms with Crippen LogP contribution in [0.1, 0.15) is 23.5 Å². The molecular formula is C27H22N2O4. The average molecular weight is 438 g/mol. The van der Waals surface area contributed by atoms with Gasteiger partial charge in [-0.3, -0.25) is 24.2 Å². The third-order valence-corrected chi connectivity index (χ3v) is 6.78. The summed E-state index contributed by atoms with van der Waals surface area (Å²) in [5.74, 6) is -2.32. The second-order valence-corrected chi connectivity index (χ2v) is 8.57. The molecule has 4 amide bonds. The van der Waals surface area contributed by atoms with Crippen LogP contribution in [0.5, 0.6) is 0 Å². The van der Waals surface area contributed by atoms with Gasteiger partial charge in [-0.15, -0.1) is 0 Å². The van der Waals surface area contributed by atoms with E-state index in [-0.39, 0.29) is 17.8 Å². The lowest BCUT2D eigenvalue weighted by Gasteiger charge is -2.43. The number of amides is 4. The summed E-state index contributed by atoms with van der Waals surface area (Å²) < 4.78 is 0. The lowest BCUT2D eigenvalue weighted by atomic mass is 9.68. The molecular weight excluding hydrogens is 416 g/mol. The Labute approximate surface area is 191 Å². The highest BCUT2D eigenvalue weighted by molar-refractivity contribution is 6.28. The first-order chi connectivity index (χ1) is 15.9. The quantitative estimate of drug-likeness (QED) is 0.448. The van der Waals surface area contributed by atoms with Crippen LogP contribution in [0.3, 0.4) is 0 Å². The Kier molecular flexibility index (Phi) is 4.74. The predicted octanol–water partition coefficient (Wildman–Crippen LogP) is 4.02. The van der Waals surface area contributed by atoms with Crippen molar-refractivity contribution in [2.24, 2.45) is 5.41 Å². The van der Waals surface area contributed by atoms with Crippen molar-refractivity contribution in [1.82, 2.24) is 9.80 Å². The van der Waals surface area contributed by atoms with Gasteiger partial charge in [0.1, 0.15) is 0 Å². The van der Waals surface area contributed by atoms with Crippen molar-refractivity contribution >= 4 is 40.5 Å². The average Bonchev–Trinajstić information content (AvgIpc) is 3.13. The third kappa shape index (κ3) is 2.94. The van der Waals surface area contributed by atoms with Gasteiger partial charge >= 0.3 is 6.03 Å². The Hall–Kier alpha value is -4.06. The largest absolute Gasteiger partial charge is 0.332 e. The summed E-state index contributed by atoms with van der Waals surface area (Å²) in [6.45, 7) is 0. The molecule has 0 bridgehead atoms. The predicted molar refractivity (Wildman–Crippen MR) is 124 cm³/mol. The van der Waals surface area contributed by atoms with Crippen LogP contribution in [-0.2, 0) is 14.4 Å². The van der Waals surface area contributed by atoms with Gasteiger partial charge in [-0.2, -0.15) is 0 Å². The van der Waals surface area contributed by atoms with Crippen molar-refractivity contribution in [3.8, 4) is 0 Å². The first kappa shape index (κ1) is 20.8. The van der Waals surface area contributed by atoms with Crippen LogP contribution in [0.2, 0.25) is 0 Å². The molecule has 1 unspecified atom stereocenters. The maximum atomic E-state index is 13.8. The minimum atomic E-state index is -1.80. The van der Waals surface area contributed by atoms with Crippen molar-refractivity contribution in [3.63, 3.8) is 0 Å². The minimum Gasteiger partial charge on any atom is -0.294 e. The van der Waals surface area contributed by atoms with Crippen molar-refractivity contribution in [2.75, 3.05) is 14.1 Å². The first-order valence-corrected chi connectivity index (χ1v) is 10.7. The summed E-state index contributed by atoms with van der Waals surface area (Å²) in [7, 11) is 2.71. The number of carbonyl (C=O) groups excluding carboxylic acids is 4. The van der Waals surface area contributed by atoms with Crippen molar-refractivity contribution in [1.29, 1.82) is 0 Å². The molecule has 5 rings (SSSR count). The van der Waals surface area contributed by atoms with E-state index >= 15 is 0 Å². The summed E-state index contributed by atoms with van der Waals surface area (Å²) in [6, 6.07) is 21.9. The zero-order valence-electron chi connectivity index (χ0n) is 18.3. The van der Waals surface area contributed by atoms with Crippen LogP contribution in [-0.4, -0.2) is 47.5 Å². The molecule has 1 heterocycles. The monoisotopic (exact) mass is 438 g/mol. The molecule has 33 heavy (non-hydrogen) atoms. The fourth-order valence-corrected chi connectivity index (χ4v) is 5.11. The molecule has 6 heteroatoms. The van der Waals surface area contributed by atoms with Gasteiger partial charge < -0.3 is 0 Å². The molecule has 1 saturated carbocycles. The molecule has 2 fully saturated rings. The summed E-state index contributed by atoms with van der Waals surface area (Å²) in [5, 5.41) is 1.97. The van der Waals surface area contributed by atoms with Crippen molar-refractivity contribution in [3.05, 3.63) is 89.5 Å². The van der Waals surface area contributed by atoms with Gasteiger partial charge in [0.05, 0.1) is 0 Å². The molecule has 1 aliphatic heterocycles. The number of benzene rings is 3. The number of carbonyl (C=O) groups is 4. The van der Waals surface area contributed by atoms with Crippen LogP contribution in [0, 0.1) is 5.41 Å². The van der Waals surface area contributed by atoms with Gasteiger partial charge in [-0.1, -0.05) is 72.8 Å². The number of hydrogen-bond donors (Lipinski definition) is 0. The number of ketones is 1. The number of barbiturate groups is 1. The maximum Gasteiger partial charge on any atom is 0.332 e. The van der Waals surface area contributed by atoms with E-state index in [1.807, 2.05) is 72.8 Å². The SMILES string of the molecule is CN1C(=O)N(C)C(=O)C2(C1=O)/C(=C\c1ccccc1)C(=O)CC2c1ccc2ccccc2c1. The Bertz CT molecular complexity index is 1330. The number of imide groups is 2. The molecule has 6 nitrogen and oxygen atoms in total. The molecule has 3 aromatic rings. The third-order valence-electron chi connectivity index (χ3n) is 6.78. The normalized spacial score (nSPS) is 21.6. The van der Waals surface area contributed by atoms with Crippen molar-refractivity contribution in [2.45, 2.75) is 12.3 Å². The Morgan fingerprint density at radius 2 is 1.39 bits per heavy atom. The Morgan fingerprint density at radius 1 is 0.788 bits per heavy atom. The van der Waals surface area contributed by atoms with E-state index in [0.29, 0.717) is 5.56 Å². The smallest absolute Gasteiger partial charge is 0.294 e. The fourth-order valence-electron chi connectivity index (χ4n) is 5.11. The molecule has 164 valence electrons. The van der Waals surface area contributed by atoms with Gasteiger partial charge in [-0.25, -0.2) is 4.79 Å². The minimum absolute atomic E-state index is 0.00432. The summed E-state index contributed by atoms with van der Waals surface area (Å²) in [4.78, 5) is 55.4.